The minimum Gasteiger partial charge on any atom is -0.450 e. The molecule has 5 heteroatoms. The zero-order valence-electron chi connectivity index (χ0n) is 9.24. The first-order valence-corrected chi connectivity index (χ1v) is 5.28. The second-order valence-electron chi connectivity index (χ2n) is 3.05. The minimum atomic E-state index is -1.24. The molecule has 0 radical (unpaired) electrons. The Morgan fingerprint density at radius 3 is 2.13 bits per heavy atom. The summed E-state index contributed by atoms with van der Waals surface area (Å²) in [6.45, 7) is 4.73. The van der Waals surface area contributed by atoms with Crippen molar-refractivity contribution in [1.29, 1.82) is 0 Å². The number of hydrogen-bond acceptors (Lipinski definition) is 4. The molecule has 0 aromatic rings. The molecule has 90 valence electrons. The van der Waals surface area contributed by atoms with Crippen LogP contribution in [0.4, 0.5) is 4.79 Å². The standard InChI is InChI=1S/C10H20O5/c1-2-3-5-13-8-9-14-6-4-7-15-10(11)12/h2-9H2,1H3,(H,11,12). The lowest BCUT2D eigenvalue weighted by molar-refractivity contribution is 0.0359. The molecule has 0 saturated heterocycles. The Hall–Kier alpha value is -0.810. The predicted octanol–water partition coefficient (Wildman–Crippen LogP) is 1.90. The normalized spacial score (nSPS) is 10.2. The maximum Gasteiger partial charge on any atom is 0.505 e. The van der Waals surface area contributed by atoms with Crippen LogP contribution in [0.1, 0.15) is 26.2 Å². The molecular formula is C10H20O5. The Labute approximate surface area is 90.3 Å². The van der Waals surface area contributed by atoms with Crippen molar-refractivity contribution >= 4 is 6.16 Å². The molecule has 0 unspecified atom stereocenters. The molecule has 0 heterocycles. The van der Waals surface area contributed by atoms with Crippen molar-refractivity contribution < 1.29 is 24.1 Å². The van der Waals surface area contributed by atoms with Crippen LogP contribution in [0, 0.1) is 0 Å². The molecule has 0 aromatic carbocycles. The van der Waals surface area contributed by atoms with Crippen LogP contribution in [0.3, 0.4) is 0 Å². The summed E-state index contributed by atoms with van der Waals surface area (Å²) in [6.07, 6.45) is 1.55. The van der Waals surface area contributed by atoms with E-state index in [2.05, 4.69) is 11.7 Å². The molecule has 0 aliphatic rings. The monoisotopic (exact) mass is 220 g/mol. The molecule has 0 rings (SSSR count). The van der Waals surface area contributed by atoms with E-state index in [9.17, 15) is 4.79 Å². The minimum absolute atomic E-state index is 0.187. The van der Waals surface area contributed by atoms with E-state index in [1.807, 2.05) is 0 Å². The molecule has 0 aliphatic carbocycles. The van der Waals surface area contributed by atoms with Gasteiger partial charge in [-0.1, -0.05) is 13.3 Å². The van der Waals surface area contributed by atoms with E-state index in [0.29, 0.717) is 26.2 Å². The first kappa shape index (κ1) is 14.2. The first-order chi connectivity index (χ1) is 7.27. The zero-order chi connectivity index (χ0) is 11.4. The van der Waals surface area contributed by atoms with E-state index in [0.717, 1.165) is 19.4 Å². The van der Waals surface area contributed by atoms with E-state index >= 15 is 0 Å². The van der Waals surface area contributed by atoms with Crippen molar-refractivity contribution in [2.24, 2.45) is 0 Å². The molecule has 0 aliphatic heterocycles. The van der Waals surface area contributed by atoms with Crippen molar-refractivity contribution in [2.45, 2.75) is 26.2 Å². The second-order valence-corrected chi connectivity index (χ2v) is 3.05. The fraction of sp³-hybridized carbons (Fsp3) is 0.900. The summed E-state index contributed by atoms with van der Waals surface area (Å²) in [5, 5.41) is 8.15. The number of carboxylic acid groups (broad SMARTS) is 1. The smallest absolute Gasteiger partial charge is 0.450 e. The van der Waals surface area contributed by atoms with Gasteiger partial charge >= 0.3 is 6.16 Å². The third-order valence-corrected chi connectivity index (χ3v) is 1.67. The Balaban J connectivity index is 2.89. The molecule has 0 atom stereocenters. The van der Waals surface area contributed by atoms with Crippen LogP contribution in [0.2, 0.25) is 0 Å². The molecule has 15 heavy (non-hydrogen) atoms. The summed E-state index contributed by atoms with van der Waals surface area (Å²) in [5.74, 6) is 0. The third-order valence-electron chi connectivity index (χ3n) is 1.67. The van der Waals surface area contributed by atoms with Gasteiger partial charge in [-0.25, -0.2) is 4.79 Å². The van der Waals surface area contributed by atoms with Gasteiger partial charge in [-0.15, -0.1) is 0 Å². The van der Waals surface area contributed by atoms with Crippen LogP contribution in [0.5, 0.6) is 0 Å². The number of carbonyl (C=O) groups is 1. The van der Waals surface area contributed by atoms with E-state index in [-0.39, 0.29) is 6.61 Å². The molecule has 0 amide bonds. The number of unbranched alkanes of at least 4 members (excludes halogenated alkanes) is 1. The fourth-order valence-corrected chi connectivity index (χ4v) is 0.889. The molecule has 5 nitrogen and oxygen atoms in total. The SMILES string of the molecule is CCCCOCCOCCCOC(=O)O. The lowest BCUT2D eigenvalue weighted by Crippen LogP contribution is -2.09. The highest BCUT2D eigenvalue weighted by atomic mass is 16.7. The first-order valence-electron chi connectivity index (χ1n) is 5.28. The van der Waals surface area contributed by atoms with E-state index in [1.165, 1.54) is 0 Å². The van der Waals surface area contributed by atoms with Gasteiger partial charge < -0.3 is 19.3 Å². The van der Waals surface area contributed by atoms with Crippen molar-refractivity contribution in [3.63, 3.8) is 0 Å². The summed E-state index contributed by atoms with van der Waals surface area (Å²) in [7, 11) is 0. The molecule has 0 fully saturated rings. The van der Waals surface area contributed by atoms with Crippen LogP contribution in [-0.4, -0.2) is 44.3 Å². The molecular weight excluding hydrogens is 200 g/mol. The topological polar surface area (TPSA) is 65.0 Å². The third kappa shape index (κ3) is 13.2. The largest absolute Gasteiger partial charge is 0.505 e. The van der Waals surface area contributed by atoms with Crippen molar-refractivity contribution in [3.8, 4) is 0 Å². The molecule has 0 saturated carbocycles. The van der Waals surface area contributed by atoms with Crippen LogP contribution < -0.4 is 0 Å². The fourth-order valence-electron chi connectivity index (χ4n) is 0.889. The Kier molecular flexibility index (Phi) is 10.7. The highest BCUT2D eigenvalue weighted by molar-refractivity contribution is 5.56. The molecule has 0 bridgehead atoms. The predicted molar refractivity (Wildman–Crippen MR) is 55.1 cm³/mol. The molecule has 0 aromatic heterocycles. The van der Waals surface area contributed by atoms with Gasteiger partial charge in [-0.2, -0.15) is 0 Å². The van der Waals surface area contributed by atoms with Crippen molar-refractivity contribution in [3.05, 3.63) is 0 Å². The summed E-state index contributed by atoms with van der Waals surface area (Å²) in [4.78, 5) is 9.95. The summed E-state index contributed by atoms with van der Waals surface area (Å²) in [5.41, 5.74) is 0. The zero-order valence-corrected chi connectivity index (χ0v) is 9.24. The van der Waals surface area contributed by atoms with Gasteiger partial charge in [0.15, 0.2) is 0 Å². The highest BCUT2D eigenvalue weighted by Crippen LogP contribution is 1.89. The lowest BCUT2D eigenvalue weighted by Gasteiger charge is -2.05. The van der Waals surface area contributed by atoms with Gasteiger partial charge in [0.2, 0.25) is 0 Å². The summed E-state index contributed by atoms with van der Waals surface area (Å²) in [6, 6.07) is 0. The van der Waals surface area contributed by atoms with E-state index in [4.69, 9.17) is 14.6 Å². The van der Waals surface area contributed by atoms with Crippen LogP contribution in [0.25, 0.3) is 0 Å². The lowest BCUT2D eigenvalue weighted by atomic mass is 10.4. The van der Waals surface area contributed by atoms with Gasteiger partial charge in [0, 0.05) is 19.6 Å². The number of ether oxygens (including phenoxy) is 3. The average Bonchev–Trinajstić information content (AvgIpc) is 2.20. The van der Waals surface area contributed by atoms with E-state index in [1.54, 1.807) is 0 Å². The van der Waals surface area contributed by atoms with Crippen molar-refractivity contribution in [1.82, 2.24) is 0 Å². The van der Waals surface area contributed by atoms with Crippen LogP contribution >= 0.6 is 0 Å². The highest BCUT2D eigenvalue weighted by Gasteiger charge is 1.95. The molecule has 0 spiro atoms. The Morgan fingerprint density at radius 2 is 1.60 bits per heavy atom. The van der Waals surface area contributed by atoms with Gasteiger partial charge in [0.1, 0.15) is 0 Å². The maximum atomic E-state index is 9.95. The van der Waals surface area contributed by atoms with Gasteiger partial charge in [0.05, 0.1) is 19.8 Å². The molecule has 1 N–H and O–H groups in total. The van der Waals surface area contributed by atoms with Gasteiger partial charge in [0.25, 0.3) is 0 Å². The van der Waals surface area contributed by atoms with E-state index < -0.39 is 6.16 Å². The average molecular weight is 220 g/mol. The Bertz CT molecular complexity index is 149. The second kappa shape index (κ2) is 11.3. The van der Waals surface area contributed by atoms with Gasteiger partial charge in [-0.05, 0) is 6.42 Å². The quantitative estimate of drug-likeness (QED) is 0.450. The van der Waals surface area contributed by atoms with Crippen molar-refractivity contribution in [2.75, 3.05) is 33.0 Å². The number of hydrogen-bond donors (Lipinski definition) is 1. The maximum absolute atomic E-state index is 9.95. The number of rotatable bonds is 10. The van der Waals surface area contributed by atoms with Gasteiger partial charge in [-0.3, -0.25) is 0 Å². The van der Waals surface area contributed by atoms with Crippen LogP contribution in [-0.2, 0) is 14.2 Å². The van der Waals surface area contributed by atoms with Crippen LogP contribution in [0.15, 0.2) is 0 Å². The Morgan fingerprint density at radius 1 is 1.00 bits per heavy atom. The summed E-state index contributed by atoms with van der Waals surface area (Å²) < 4.78 is 14.8. The summed E-state index contributed by atoms with van der Waals surface area (Å²) >= 11 is 0.